The summed E-state index contributed by atoms with van der Waals surface area (Å²) in [6.45, 7) is 3.85. The Bertz CT molecular complexity index is 720. The molecule has 0 atom stereocenters. The summed E-state index contributed by atoms with van der Waals surface area (Å²) in [7, 11) is 0. The molecule has 1 aromatic heterocycles. The molecule has 1 aliphatic rings. The van der Waals surface area contributed by atoms with Gasteiger partial charge in [-0.05, 0) is 43.5 Å². The van der Waals surface area contributed by atoms with Crippen LogP contribution in [-0.4, -0.2) is 16.0 Å². The molecule has 0 aliphatic heterocycles. The molecule has 23 heavy (non-hydrogen) atoms. The maximum atomic E-state index is 12.7. The van der Waals surface area contributed by atoms with Crippen molar-refractivity contribution in [2.24, 2.45) is 0 Å². The number of hydrogen-bond acceptors (Lipinski definition) is 4. The van der Waals surface area contributed by atoms with Crippen molar-refractivity contribution in [3.8, 4) is 0 Å². The van der Waals surface area contributed by atoms with Crippen LogP contribution in [0.15, 0.2) is 22.7 Å². The maximum Gasteiger partial charge on any atom is 0.252 e. The third-order valence-electron chi connectivity index (χ3n) is 4.44. The summed E-state index contributed by atoms with van der Waals surface area (Å²) in [5.74, 6) is 1.07. The van der Waals surface area contributed by atoms with Crippen molar-refractivity contribution in [1.29, 1.82) is 0 Å². The van der Waals surface area contributed by atoms with Gasteiger partial charge in [0.15, 0.2) is 5.82 Å². The summed E-state index contributed by atoms with van der Waals surface area (Å²) in [4.78, 5) is 17.2. The molecule has 1 fully saturated rings. The van der Waals surface area contributed by atoms with Crippen LogP contribution in [0.25, 0.3) is 0 Å². The van der Waals surface area contributed by atoms with E-state index in [1.807, 2.05) is 13.8 Å². The molecule has 0 spiro atoms. The van der Waals surface area contributed by atoms with Crippen molar-refractivity contribution in [2.75, 3.05) is 0 Å². The molecular formula is C17H20ClN3O2. The molecule has 0 saturated heterocycles. The van der Waals surface area contributed by atoms with E-state index >= 15 is 0 Å². The van der Waals surface area contributed by atoms with Crippen LogP contribution in [0.1, 0.15) is 60.2 Å². The van der Waals surface area contributed by atoms with Gasteiger partial charge in [0.1, 0.15) is 5.54 Å². The topological polar surface area (TPSA) is 68.0 Å². The van der Waals surface area contributed by atoms with Crippen LogP contribution in [0.4, 0.5) is 0 Å². The molecule has 1 heterocycles. The van der Waals surface area contributed by atoms with Gasteiger partial charge in [-0.15, -0.1) is 0 Å². The van der Waals surface area contributed by atoms with Gasteiger partial charge in [-0.3, -0.25) is 4.79 Å². The quantitative estimate of drug-likeness (QED) is 0.924. The number of carbonyl (C=O) groups excluding carboxylic acids is 1. The SMILES string of the molecule is CCc1nc(C2(NC(=O)c3ccc(Cl)cc3C)CCCC2)no1. The molecule has 2 aromatic rings. The van der Waals surface area contributed by atoms with Crippen molar-refractivity contribution in [3.05, 3.63) is 46.1 Å². The fourth-order valence-corrected chi connectivity index (χ4v) is 3.37. The van der Waals surface area contributed by atoms with Crippen molar-refractivity contribution in [2.45, 2.75) is 51.5 Å². The number of hydrogen-bond donors (Lipinski definition) is 1. The van der Waals surface area contributed by atoms with E-state index in [0.29, 0.717) is 28.7 Å². The Hall–Kier alpha value is -1.88. The fourth-order valence-electron chi connectivity index (χ4n) is 3.14. The first-order chi connectivity index (χ1) is 11.0. The van der Waals surface area contributed by atoms with Gasteiger partial charge in [-0.1, -0.05) is 36.5 Å². The number of halogens is 1. The number of carbonyl (C=O) groups is 1. The standard InChI is InChI=1S/C17H20ClN3O2/c1-3-14-19-16(21-23-14)17(8-4-5-9-17)20-15(22)13-7-6-12(18)10-11(13)2/h6-7,10H,3-5,8-9H2,1-2H3,(H,20,22). The Balaban J connectivity index is 1.89. The fraction of sp³-hybridized carbons (Fsp3) is 0.471. The van der Waals surface area contributed by atoms with Gasteiger partial charge in [-0.25, -0.2) is 0 Å². The first kappa shape index (κ1) is 16.0. The molecule has 1 aliphatic carbocycles. The van der Waals surface area contributed by atoms with Crippen molar-refractivity contribution in [3.63, 3.8) is 0 Å². The summed E-state index contributed by atoms with van der Waals surface area (Å²) >= 11 is 5.97. The summed E-state index contributed by atoms with van der Waals surface area (Å²) in [6, 6.07) is 5.28. The summed E-state index contributed by atoms with van der Waals surface area (Å²) in [5, 5.41) is 7.88. The van der Waals surface area contributed by atoms with Gasteiger partial charge in [-0.2, -0.15) is 4.98 Å². The minimum Gasteiger partial charge on any atom is -0.339 e. The lowest BCUT2D eigenvalue weighted by Gasteiger charge is -2.27. The van der Waals surface area contributed by atoms with Crippen LogP contribution < -0.4 is 5.32 Å². The van der Waals surface area contributed by atoms with Crippen LogP contribution in [0.5, 0.6) is 0 Å². The van der Waals surface area contributed by atoms with Gasteiger partial charge in [0.2, 0.25) is 5.89 Å². The molecule has 6 heteroatoms. The molecule has 1 amide bonds. The number of nitrogens with one attached hydrogen (secondary N) is 1. The number of aromatic nitrogens is 2. The van der Waals surface area contributed by atoms with Crippen LogP contribution in [-0.2, 0) is 12.0 Å². The number of aryl methyl sites for hydroxylation is 2. The first-order valence-electron chi connectivity index (χ1n) is 7.96. The van der Waals surface area contributed by atoms with Crippen LogP contribution in [0.3, 0.4) is 0 Å². The highest BCUT2D eigenvalue weighted by Crippen LogP contribution is 2.37. The monoisotopic (exact) mass is 333 g/mol. The maximum absolute atomic E-state index is 12.7. The average Bonchev–Trinajstić information content (AvgIpc) is 3.16. The van der Waals surface area contributed by atoms with E-state index < -0.39 is 5.54 Å². The molecule has 0 bridgehead atoms. The highest BCUT2D eigenvalue weighted by Gasteiger charge is 2.41. The second-order valence-corrected chi connectivity index (χ2v) is 6.50. The van der Waals surface area contributed by atoms with E-state index in [1.54, 1.807) is 18.2 Å². The lowest BCUT2D eigenvalue weighted by Crippen LogP contribution is -2.44. The second-order valence-electron chi connectivity index (χ2n) is 6.07. The summed E-state index contributed by atoms with van der Waals surface area (Å²) in [5.41, 5.74) is 0.950. The van der Waals surface area contributed by atoms with Gasteiger partial charge in [0.25, 0.3) is 5.91 Å². The normalized spacial score (nSPS) is 16.5. The Morgan fingerprint density at radius 3 is 2.74 bits per heavy atom. The van der Waals surface area contributed by atoms with E-state index in [2.05, 4.69) is 15.5 Å². The average molecular weight is 334 g/mol. The predicted octanol–water partition coefficient (Wildman–Crippen LogP) is 3.79. The largest absolute Gasteiger partial charge is 0.339 e. The van der Waals surface area contributed by atoms with E-state index in [9.17, 15) is 4.79 Å². The zero-order chi connectivity index (χ0) is 16.4. The molecular weight excluding hydrogens is 314 g/mol. The van der Waals surface area contributed by atoms with Gasteiger partial charge in [0, 0.05) is 17.0 Å². The van der Waals surface area contributed by atoms with E-state index in [4.69, 9.17) is 16.1 Å². The van der Waals surface area contributed by atoms with Gasteiger partial charge < -0.3 is 9.84 Å². The zero-order valence-corrected chi connectivity index (χ0v) is 14.1. The highest BCUT2D eigenvalue weighted by atomic mass is 35.5. The van der Waals surface area contributed by atoms with Crippen molar-refractivity contribution >= 4 is 17.5 Å². The Morgan fingerprint density at radius 1 is 1.39 bits per heavy atom. The minimum absolute atomic E-state index is 0.121. The van der Waals surface area contributed by atoms with Crippen molar-refractivity contribution in [1.82, 2.24) is 15.5 Å². The van der Waals surface area contributed by atoms with Crippen LogP contribution in [0.2, 0.25) is 5.02 Å². The number of amides is 1. The molecule has 5 nitrogen and oxygen atoms in total. The van der Waals surface area contributed by atoms with E-state index in [0.717, 1.165) is 31.2 Å². The molecule has 1 saturated carbocycles. The second kappa shape index (κ2) is 6.32. The molecule has 0 unspecified atom stereocenters. The van der Waals surface area contributed by atoms with Gasteiger partial charge in [0.05, 0.1) is 0 Å². The molecule has 122 valence electrons. The van der Waals surface area contributed by atoms with E-state index in [-0.39, 0.29) is 5.91 Å². The zero-order valence-electron chi connectivity index (χ0n) is 13.4. The number of nitrogens with zero attached hydrogens (tertiary/aromatic N) is 2. The summed E-state index contributed by atoms with van der Waals surface area (Å²) in [6.07, 6.45) is 4.42. The molecule has 1 aromatic carbocycles. The number of benzene rings is 1. The Labute approximate surface area is 140 Å². The third-order valence-corrected chi connectivity index (χ3v) is 4.68. The number of rotatable bonds is 4. The van der Waals surface area contributed by atoms with Gasteiger partial charge >= 0.3 is 0 Å². The van der Waals surface area contributed by atoms with Crippen LogP contribution in [0, 0.1) is 6.92 Å². The first-order valence-corrected chi connectivity index (χ1v) is 8.33. The van der Waals surface area contributed by atoms with Crippen molar-refractivity contribution < 1.29 is 9.32 Å². The predicted molar refractivity (Wildman–Crippen MR) is 87.5 cm³/mol. The lowest BCUT2D eigenvalue weighted by molar-refractivity contribution is 0.0891. The molecule has 1 N–H and O–H groups in total. The van der Waals surface area contributed by atoms with Crippen LogP contribution >= 0.6 is 11.6 Å². The third kappa shape index (κ3) is 3.11. The summed E-state index contributed by atoms with van der Waals surface area (Å²) < 4.78 is 5.25. The minimum atomic E-state index is -0.528. The molecule has 3 rings (SSSR count). The Morgan fingerprint density at radius 2 is 2.13 bits per heavy atom. The van der Waals surface area contributed by atoms with E-state index in [1.165, 1.54) is 0 Å². The molecule has 0 radical (unpaired) electrons. The Kier molecular flexibility index (Phi) is 4.39. The lowest BCUT2D eigenvalue weighted by atomic mass is 9.95. The highest BCUT2D eigenvalue weighted by molar-refractivity contribution is 6.30. The smallest absolute Gasteiger partial charge is 0.252 e.